The van der Waals surface area contributed by atoms with Crippen molar-refractivity contribution < 1.29 is 9.53 Å². The normalized spacial score (nSPS) is 11.0. The van der Waals surface area contributed by atoms with Gasteiger partial charge in [0, 0.05) is 20.9 Å². The Kier molecular flexibility index (Phi) is 8.08. The molecular formula is C26H25N5O2S. The first-order valence-electron chi connectivity index (χ1n) is 11.0. The van der Waals surface area contributed by atoms with Gasteiger partial charge in [0.05, 0.1) is 5.69 Å². The zero-order chi connectivity index (χ0) is 23.6. The first-order chi connectivity index (χ1) is 16.7. The summed E-state index contributed by atoms with van der Waals surface area (Å²) in [7, 11) is 0. The van der Waals surface area contributed by atoms with Crippen LogP contribution in [0.25, 0.3) is 11.4 Å². The van der Waals surface area contributed by atoms with Gasteiger partial charge in [-0.15, -0.1) is 10.2 Å². The lowest BCUT2D eigenvalue weighted by atomic mass is 10.2. The number of nitrogens with zero attached hydrogens (tertiary/aromatic N) is 3. The first-order valence-corrected chi connectivity index (χ1v) is 11.8. The Morgan fingerprint density at radius 2 is 1.76 bits per heavy atom. The fourth-order valence-electron chi connectivity index (χ4n) is 3.19. The molecule has 0 unspecified atom stereocenters. The molecule has 1 aromatic heterocycles. The maximum Gasteiger partial charge on any atom is 0.255 e. The van der Waals surface area contributed by atoms with Crippen molar-refractivity contribution >= 4 is 23.4 Å². The van der Waals surface area contributed by atoms with Crippen molar-refractivity contribution in [1.82, 2.24) is 20.6 Å². The van der Waals surface area contributed by atoms with E-state index in [0.717, 1.165) is 39.6 Å². The van der Waals surface area contributed by atoms with Gasteiger partial charge in [-0.1, -0.05) is 61.5 Å². The Bertz CT molecular complexity index is 1240. The molecule has 4 rings (SSSR count). The summed E-state index contributed by atoms with van der Waals surface area (Å²) in [5, 5.41) is 17.4. The third-order valence-corrected chi connectivity index (χ3v) is 6.07. The van der Waals surface area contributed by atoms with E-state index in [1.54, 1.807) is 12.1 Å². The summed E-state index contributed by atoms with van der Waals surface area (Å²) < 4.78 is 5.69. The standard InChI is InChI=1S/C26H25N5O2S/c1-2-3-4-9-18-33-20-16-14-19(15-17-20)26(32)27-22-11-6-8-13-24(22)34-23-12-7-5-10-21(23)25-28-30-31-29-25/h4-17H,2-3,18H2,1H3,(H,27,32)(H,28,29,30,31)/b9-4+. The van der Waals surface area contributed by atoms with Crippen molar-refractivity contribution in [2.45, 2.75) is 29.6 Å². The minimum Gasteiger partial charge on any atom is -0.490 e. The molecule has 0 radical (unpaired) electrons. The molecule has 0 aliphatic rings. The number of nitrogens with one attached hydrogen (secondary N) is 2. The lowest BCUT2D eigenvalue weighted by Crippen LogP contribution is -2.12. The fourth-order valence-corrected chi connectivity index (χ4v) is 4.22. The van der Waals surface area contributed by atoms with Crippen LogP contribution in [0.2, 0.25) is 0 Å². The molecule has 34 heavy (non-hydrogen) atoms. The van der Waals surface area contributed by atoms with Crippen molar-refractivity contribution in [1.29, 1.82) is 0 Å². The number of anilines is 1. The number of amides is 1. The number of benzene rings is 3. The van der Waals surface area contributed by atoms with Gasteiger partial charge in [0.15, 0.2) is 0 Å². The van der Waals surface area contributed by atoms with Gasteiger partial charge in [-0.2, -0.15) is 5.21 Å². The number of aromatic nitrogens is 4. The number of allylic oxidation sites excluding steroid dienone is 1. The molecule has 4 aromatic rings. The van der Waals surface area contributed by atoms with Crippen LogP contribution in [-0.4, -0.2) is 33.1 Å². The van der Waals surface area contributed by atoms with Crippen LogP contribution in [0.15, 0.2) is 94.7 Å². The second kappa shape index (κ2) is 11.8. The molecule has 172 valence electrons. The Morgan fingerprint density at radius 3 is 2.53 bits per heavy atom. The molecule has 0 atom stereocenters. The molecule has 0 spiro atoms. The number of para-hydroxylation sites is 1. The van der Waals surface area contributed by atoms with Gasteiger partial charge in [0.25, 0.3) is 5.91 Å². The first kappa shape index (κ1) is 23.3. The van der Waals surface area contributed by atoms with E-state index in [-0.39, 0.29) is 5.91 Å². The van der Waals surface area contributed by atoms with Crippen LogP contribution in [0, 0.1) is 0 Å². The maximum absolute atomic E-state index is 12.9. The van der Waals surface area contributed by atoms with Crippen LogP contribution in [0.4, 0.5) is 5.69 Å². The predicted molar refractivity (Wildman–Crippen MR) is 134 cm³/mol. The van der Waals surface area contributed by atoms with Crippen molar-refractivity contribution in [3.8, 4) is 17.1 Å². The van der Waals surface area contributed by atoms with Gasteiger partial charge < -0.3 is 10.1 Å². The quantitative estimate of drug-likeness (QED) is 0.275. The van der Waals surface area contributed by atoms with Gasteiger partial charge in [0.1, 0.15) is 12.4 Å². The molecule has 3 aromatic carbocycles. The highest BCUT2D eigenvalue weighted by Gasteiger charge is 2.14. The van der Waals surface area contributed by atoms with Gasteiger partial charge in [-0.05, 0) is 60.2 Å². The van der Waals surface area contributed by atoms with E-state index in [2.05, 4.69) is 38.9 Å². The Labute approximate surface area is 202 Å². The van der Waals surface area contributed by atoms with Gasteiger partial charge in [-0.25, -0.2) is 0 Å². The van der Waals surface area contributed by atoms with Crippen LogP contribution < -0.4 is 10.1 Å². The molecule has 1 heterocycles. The summed E-state index contributed by atoms with van der Waals surface area (Å²) in [6, 6.07) is 22.7. The Hall–Kier alpha value is -3.91. The molecule has 0 saturated carbocycles. The number of carbonyl (C=O) groups is 1. The number of ether oxygens (including phenoxy) is 1. The highest BCUT2D eigenvalue weighted by molar-refractivity contribution is 7.99. The molecule has 1 amide bonds. The summed E-state index contributed by atoms with van der Waals surface area (Å²) in [5.41, 5.74) is 2.14. The van der Waals surface area contributed by atoms with E-state index >= 15 is 0 Å². The van der Waals surface area contributed by atoms with Gasteiger partial charge in [-0.3, -0.25) is 4.79 Å². The second-order valence-electron chi connectivity index (χ2n) is 7.38. The number of hydrogen-bond acceptors (Lipinski definition) is 6. The molecule has 7 nitrogen and oxygen atoms in total. The summed E-state index contributed by atoms with van der Waals surface area (Å²) in [6.45, 7) is 2.66. The summed E-state index contributed by atoms with van der Waals surface area (Å²) in [4.78, 5) is 14.8. The minimum atomic E-state index is -0.186. The van der Waals surface area contributed by atoms with Crippen LogP contribution in [0.3, 0.4) is 0 Å². The molecule has 0 aliphatic heterocycles. The number of rotatable bonds is 10. The topological polar surface area (TPSA) is 92.8 Å². The number of tetrazole rings is 1. The second-order valence-corrected chi connectivity index (χ2v) is 8.46. The monoisotopic (exact) mass is 471 g/mol. The third kappa shape index (κ3) is 6.11. The predicted octanol–water partition coefficient (Wildman–Crippen LogP) is 6.01. The molecule has 0 aliphatic carbocycles. The summed E-state index contributed by atoms with van der Waals surface area (Å²) >= 11 is 1.53. The molecule has 8 heteroatoms. The van der Waals surface area contributed by atoms with E-state index in [0.29, 0.717) is 18.0 Å². The highest BCUT2D eigenvalue weighted by Crippen LogP contribution is 2.38. The molecular weight excluding hydrogens is 446 g/mol. The van der Waals surface area contributed by atoms with E-state index < -0.39 is 0 Å². The van der Waals surface area contributed by atoms with Crippen molar-refractivity contribution in [2.24, 2.45) is 0 Å². The minimum absolute atomic E-state index is 0.186. The van der Waals surface area contributed by atoms with Crippen molar-refractivity contribution in [2.75, 3.05) is 11.9 Å². The molecule has 0 bridgehead atoms. The fraction of sp³-hybridized carbons (Fsp3) is 0.154. The number of carbonyl (C=O) groups excluding carboxylic acids is 1. The van der Waals surface area contributed by atoms with Gasteiger partial charge in [0.2, 0.25) is 5.82 Å². The SMILES string of the molecule is CCC/C=C/COc1ccc(C(=O)Nc2ccccc2Sc2ccccc2-c2nn[nH]n2)cc1. The lowest BCUT2D eigenvalue weighted by Gasteiger charge is -2.12. The summed E-state index contributed by atoms with van der Waals surface area (Å²) in [6.07, 6.45) is 6.28. The van der Waals surface area contributed by atoms with E-state index in [1.165, 1.54) is 11.8 Å². The molecule has 2 N–H and O–H groups in total. The number of unbranched alkanes of at least 4 members (excludes halogenated alkanes) is 1. The van der Waals surface area contributed by atoms with Crippen LogP contribution in [-0.2, 0) is 0 Å². The summed E-state index contributed by atoms with van der Waals surface area (Å²) in [5.74, 6) is 1.06. The Morgan fingerprint density at radius 1 is 1.00 bits per heavy atom. The number of aromatic amines is 1. The zero-order valence-electron chi connectivity index (χ0n) is 18.8. The Balaban J connectivity index is 1.44. The molecule has 0 fully saturated rings. The van der Waals surface area contributed by atoms with Crippen LogP contribution >= 0.6 is 11.8 Å². The largest absolute Gasteiger partial charge is 0.490 e. The zero-order valence-corrected chi connectivity index (χ0v) is 19.6. The van der Waals surface area contributed by atoms with Crippen molar-refractivity contribution in [3.05, 3.63) is 90.5 Å². The van der Waals surface area contributed by atoms with E-state index in [9.17, 15) is 4.79 Å². The van der Waals surface area contributed by atoms with Crippen molar-refractivity contribution in [3.63, 3.8) is 0 Å². The molecule has 0 saturated heterocycles. The smallest absolute Gasteiger partial charge is 0.255 e. The highest BCUT2D eigenvalue weighted by atomic mass is 32.2. The maximum atomic E-state index is 12.9. The lowest BCUT2D eigenvalue weighted by molar-refractivity contribution is 0.102. The number of hydrogen-bond donors (Lipinski definition) is 2. The number of H-pyrrole nitrogens is 1. The van der Waals surface area contributed by atoms with Crippen LogP contribution in [0.5, 0.6) is 5.75 Å². The third-order valence-electron chi connectivity index (χ3n) is 4.91. The van der Waals surface area contributed by atoms with E-state index in [4.69, 9.17) is 4.74 Å². The van der Waals surface area contributed by atoms with E-state index in [1.807, 2.05) is 66.7 Å². The van der Waals surface area contributed by atoms with Gasteiger partial charge >= 0.3 is 0 Å². The van der Waals surface area contributed by atoms with Crippen LogP contribution in [0.1, 0.15) is 30.1 Å². The average Bonchev–Trinajstić information content (AvgIpc) is 3.41. The average molecular weight is 472 g/mol.